The molecule has 6 aromatic heterocycles. The van der Waals surface area contributed by atoms with Gasteiger partial charge in [-0.15, -0.1) is 0 Å². The number of H-pyrrole nitrogens is 3. The van der Waals surface area contributed by atoms with Crippen LogP contribution in [-0.2, 0) is 0 Å². The van der Waals surface area contributed by atoms with Gasteiger partial charge < -0.3 is 15.0 Å². The van der Waals surface area contributed by atoms with Crippen LogP contribution < -0.4 is 0 Å². The molecule has 3 nitrogen and oxygen atoms in total. The van der Waals surface area contributed by atoms with Crippen molar-refractivity contribution in [3.8, 4) is 67.2 Å². The number of aromatic amines is 3. The predicted molar refractivity (Wildman–Crippen MR) is 156 cm³/mol. The van der Waals surface area contributed by atoms with Crippen molar-refractivity contribution < 1.29 is 0 Å². The number of hydrogen-bond acceptors (Lipinski definition) is 3. The molecule has 0 unspecified atom stereocenters. The maximum absolute atomic E-state index is 3.39. The van der Waals surface area contributed by atoms with E-state index >= 15 is 0 Å². The number of benzene rings is 1. The molecule has 0 atom stereocenters. The molecule has 0 fully saturated rings. The Balaban J connectivity index is 1.45. The van der Waals surface area contributed by atoms with Crippen LogP contribution in [-0.4, -0.2) is 15.0 Å². The van der Waals surface area contributed by atoms with E-state index in [2.05, 4.69) is 102 Å². The van der Waals surface area contributed by atoms with Gasteiger partial charge in [-0.2, -0.15) is 34.0 Å². The van der Waals surface area contributed by atoms with Crippen molar-refractivity contribution >= 4 is 34.0 Å². The van der Waals surface area contributed by atoms with Gasteiger partial charge in [0.25, 0.3) is 0 Å². The van der Waals surface area contributed by atoms with E-state index in [0.29, 0.717) is 0 Å². The predicted octanol–water partition coefficient (Wildman–Crippen LogP) is 9.86. The first-order valence-electron chi connectivity index (χ1n) is 11.6. The van der Waals surface area contributed by atoms with Crippen molar-refractivity contribution in [3.63, 3.8) is 0 Å². The monoisotopic (exact) mass is 519 g/mol. The minimum Gasteiger partial charge on any atom is -0.361 e. The summed E-state index contributed by atoms with van der Waals surface area (Å²) in [6.07, 6.45) is 5.96. The smallest absolute Gasteiger partial charge is 0.0468 e. The van der Waals surface area contributed by atoms with Crippen molar-refractivity contribution in [2.45, 2.75) is 0 Å². The van der Waals surface area contributed by atoms with E-state index in [9.17, 15) is 0 Å². The number of thiophene rings is 3. The van der Waals surface area contributed by atoms with Gasteiger partial charge in [0.1, 0.15) is 0 Å². The van der Waals surface area contributed by atoms with Gasteiger partial charge in [0.2, 0.25) is 0 Å². The topological polar surface area (TPSA) is 47.4 Å². The zero-order valence-corrected chi connectivity index (χ0v) is 21.6. The van der Waals surface area contributed by atoms with Gasteiger partial charge in [0.05, 0.1) is 0 Å². The molecule has 0 saturated heterocycles. The Morgan fingerprint density at radius 1 is 0.389 bits per heavy atom. The highest BCUT2D eigenvalue weighted by molar-refractivity contribution is 7.09. The lowest BCUT2D eigenvalue weighted by Crippen LogP contribution is -1.88. The fourth-order valence-corrected chi connectivity index (χ4v) is 7.35. The molecule has 0 saturated carbocycles. The van der Waals surface area contributed by atoms with Crippen LogP contribution in [0.15, 0.2) is 105 Å². The Kier molecular flexibility index (Phi) is 5.35. The second-order valence-electron chi connectivity index (χ2n) is 8.65. The van der Waals surface area contributed by atoms with Gasteiger partial charge in [-0.3, -0.25) is 0 Å². The Morgan fingerprint density at radius 3 is 0.972 bits per heavy atom. The molecule has 6 heteroatoms. The first-order chi connectivity index (χ1) is 17.8. The van der Waals surface area contributed by atoms with Crippen LogP contribution in [0.5, 0.6) is 0 Å². The van der Waals surface area contributed by atoms with Crippen molar-refractivity contribution in [2.75, 3.05) is 0 Å². The molecule has 1 aromatic carbocycles. The van der Waals surface area contributed by atoms with E-state index in [0.717, 1.165) is 17.1 Å². The maximum atomic E-state index is 3.39. The third kappa shape index (κ3) is 3.71. The third-order valence-electron chi connectivity index (χ3n) is 6.52. The van der Waals surface area contributed by atoms with Gasteiger partial charge >= 0.3 is 0 Å². The zero-order valence-electron chi connectivity index (χ0n) is 19.1. The Bertz CT molecular complexity index is 1510. The Morgan fingerprint density at radius 2 is 0.694 bits per heavy atom. The molecule has 0 aliphatic carbocycles. The fourth-order valence-electron chi connectivity index (χ4n) is 4.78. The van der Waals surface area contributed by atoms with Crippen LogP contribution in [0.1, 0.15) is 0 Å². The highest BCUT2D eigenvalue weighted by atomic mass is 32.1. The SMILES string of the molecule is c1c[nH]c(-c2cscc2-c2cc(-c3cscc3-c3ccc[nH]3)cc(-c3cscc3-c3ccc[nH]3)c2)c1. The second kappa shape index (κ2) is 8.99. The third-order valence-corrected chi connectivity index (χ3v) is 8.75. The molecule has 0 spiro atoms. The molecular weight excluding hydrogens is 499 g/mol. The summed E-state index contributed by atoms with van der Waals surface area (Å²) in [6.45, 7) is 0. The van der Waals surface area contributed by atoms with Crippen LogP contribution in [0.25, 0.3) is 67.2 Å². The quantitative estimate of drug-likeness (QED) is 0.196. The molecule has 3 N–H and O–H groups in total. The van der Waals surface area contributed by atoms with E-state index < -0.39 is 0 Å². The van der Waals surface area contributed by atoms with Crippen molar-refractivity contribution in [1.29, 1.82) is 0 Å². The molecule has 6 heterocycles. The molecular formula is C30H21N3S3. The highest BCUT2D eigenvalue weighted by Gasteiger charge is 2.17. The van der Waals surface area contributed by atoms with Crippen LogP contribution in [0.2, 0.25) is 0 Å². The summed E-state index contributed by atoms with van der Waals surface area (Å²) < 4.78 is 0. The average Bonchev–Trinajstić information content (AvgIpc) is 3.76. The minimum absolute atomic E-state index is 1.14. The molecule has 7 aromatic rings. The molecule has 0 aliphatic heterocycles. The van der Waals surface area contributed by atoms with E-state index in [1.165, 1.54) is 50.1 Å². The summed E-state index contributed by atoms with van der Waals surface area (Å²) in [5.41, 5.74) is 14.5. The normalized spacial score (nSPS) is 11.3. The summed E-state index contributed by atoms with van der Waals surface area (Å²) in [5, 5.41) is 13.5. The first-order valence-corrected chi connectivity index (χ1v) is 14.4. The Hall–Kier alpha value is -3.84. The second-order valence-corrected chi connectivity index (χ2v) is 10.9. The zero-order chi connectivity index (χ0) is 23.9. The number of aromatic nitrogens is 3. The molecule has 0 aliphatic rings. The van der Waals surface area contributed by atoms with Crippen LogP contribution in [0.3, 0.4) is 0 Å². The summed E-state index contributed by atoms with van der Waals surface area (Å²) in [6, 6.07) is 19.6. The van der Waals surface area contributed by atoms with Crippen molar-refractivity contribution in [2.24, 2.45) is 0 Å². The molecule has 7 rings (SSSR count). The van der Waals surface area contributed by atoms with Gasteiger partial charge in [0, 0.05) is 85.2 Å². The highest BCUT2D eigenvalue weighted by Crippen LogP contribution is 2.43. The van der Waals surface area contributed by atoms with Gasteiger partial charge in [-0.1, -0.05) is 0 Å². The van der Waals surface area contributed by atoms with E-state index in [1.807, 2.05) is 18.6 Å². The summed E-state index contributed by atoms with van der Waals surface area (Å²) in [4.78, 5) is 10.2. The summed E-state index contributed by atoms with van der Waals surface area (Å²) in [7, 11) is 0. The molecule has 0 radical (unpaired) electrons. The number of nitrogens with one attached hydrogen (secondary N) is 3. The molecule has 36 heavy (non-hydrogen) atoms. The number of hydrogen-bond donors (Lipinski definition) is 3. The van der Waals surface area contributed by atoms with E-state index in [4.69, 9.17) is 0 Å². The van der Waals surface area contributed by atoms with Crippen LogP contribution >= 0.6 is 34.0 Å². The van der Waals surface area contributed by atoms with E-state index in [-0.39, 0.29) is 0 Å². The first kappa shape index (κ1) is 21.4. The molecule has 0 amide bonds. The minimum atomic E-state index is 1.14. The largest absolute Gasteiger partial charge is 0.361 e. The van der Waals surface area contributed by atoms with Crippen molar-refractivity contribution in [1.82, 2.24) is 15.0 Å². The fraction of sp³-hybridized carbons (Fsp3) is 0. The number of rotatable bonds is 6. The average molecular weight is 520 g/mol. The summed E-state index contributed by atoms with van der Waals surface area (Å²) in [5.74, 6) is 0. The standard InChI is InChI=1S/C30H21N3S3/c1-4-28(31-7-1)25-16-34-13-22(25)19-10-20(23-14-35-17-26(23)29-5-2-8-32-29)12-21(11-19)24-15-36-18-27(24)30-6-3-9-33-30/h1-18,31-33H. The van der Waals surface area contributed by atoms with Gasteiger partial charge in [0.15, 0.2) is 0 Å². The lowest BCUT2D eigenvalue weighted by Gasteiger charge is -2.13. The van der Waals surface area contributed by atoms with Crippen LogP contribution in [0.4, 0.5) is 0 Å². The van der Waals surface area contributed by atoms with Crippen molar-refractivity contribution in [3.05, 3.63) is 105 Å². The van der Waals surface area contributed by atoms with Crippen LogP contribution in [0, 0.1) is 0 Å². The molecule has 174 valence electrons. The lowest BCUT2D eigenvalue weighted by atomic mass is 9.91. The summed E-state index contributed by atoms with van der Waals surface area (Å²) >= 11 is 5.23. The van der Waals surface area contributed by atoms with E-state index in [1.54, 1.807) is 34.0 Å². The lowest BCUT2D eigenvalue weighted by molar-refractivity contribution is 1.41. The van der Waals surface area contributed by atoms with Gasteiger partial charge in [-0.05, 0) is 87.4 Å². The molecule has 0 bridgehead atoms. The maximum Gasteiger partial charge on any atom is 0.0468 e. The Labute approximate surface area is 220 Å². The van der Waals surface area contributed by atoms with Gasteiger partial charge in [-0.25, -0.2) is 0 Å².